The molecule has 0 rings (SSSR count). The molecule has 0 aromatic carbocycles. The van der Waals surface area contributed by atoms with Gasteiger partial charge in [0.1, 0.15) is 0 Å². The third-order valence-electron chi connectivity index (χ3n) is 1.66. The van der Waals surface area contributed by atoms with E-state index in [-0.39, 0.29) is 0 Å². The van der Waals surface area contributed by atoms with Gasteiger partial charge in [-0.3, -0.25) is 0 Å². The molecular formula is C9H17N. The third-order valence-corrected chi connectivity index (χ3v) is 1.66. The molecular weight excluding hydrogens is 122 g/mol. The van der Waals surface area contributed by atoms with Gasteiger partial charge in [0, 0.05) is 12.7 Å². The van der Waals surface area contributed by atoms with Gasteiger partial charge in [-0.15, -0.1) is 6.58 Å². The van der Waals surface area contributed by atoms with E-state index in [4.69, 9.17) is 0 Å². The molecule has 0 radical (unpaired) electrons. The van der Waals surface area contributed by atoms with Crippen LogP contribution in [-0.2, 0) is 0 Å². The zero-order valence-electron chi connectivity index (χ0n) is 6.98. The van der Waals surface area contributed by atoms with Crippen LogP contribution in [0.25, 0.3) is 0 Å². The fraction of sp³-hybridized carbons (Fsp3) is 0.556. The van der Waals surface area contributed by atoms with Gasteiger partial charge in [-0.2, -0.15) is 0 Å². The lowest BCUT2D eigenvalue weighted by Gasteiger charge is -2.06. The lowest BCUT2D eigenvalue weighted by atomic mass is 10.1. The van der Waals surface area contributed by atoms with Crippen molar-refractivity contribution in [1.29, 1.82) is 0 Å². The fourth-order valence-electron chi connectivity index (χ4n) is 0.645. The molecule has 0 bridgehead atoms. The molecule has 0 saturated heterocycles. The predicted molar refractivity (Wildman–Crippen MR) is 46.8 cm³/mol. The van der Waals surface area contributed by atoms with Gasteiger partial charge in [-0.1, -0.05) is 19.6 Å². The zero-order valence-corrected chi connectivity index (χ0v) is 6.98. The van der Waals surface area contributed by atoms with Gasteiger partial charge in [-0.05, 0) is 18.8 Å². The quantitative estimate of drug-likeness (QED) is 0.576. The summed E-state index contributed by atoms with van der Waals surface area (Å²) in [7, 11) is 1.90. The summed E-state index contributed by atoms with van der Waals surface area (Å²) in [5, 5.41) is 3.02. The van der Waals surface area contributed by atoms with Crippen molar-refractivity contribution >= 4 is 0 Å². The molecule has 58 valence electrons. The van der Waals surface area contributed by atoms with Crippen molar-refractivity contribution in [1.82, 2.24) is 5.32 Å². The second-order valence-electron chi connectivity index (χ2n) is 2.61. The van der Waals surface area contributed by atoms with E-state index in [0.29, 0.717) is 5.92 Å². The summed E-state index contributed by atoms with van der Waals surface area (Å²) in [5.74, 6) is 0.602. The van der Waals surface area contributed by atoms with Crippen molar-refractivity contribution in [3.05, 3.63) is 24.9 Å². The lowest BCUT2D eigenvalue weighted by molar-refractivity contribution is 0.631. The molecule has 1 atom stereocenters. The Bertz CT molecular complexity index is 116. The monoisotopic (exact) mass is 139 g/mol. The van der Waals surface area contributed by atoms with Crippen LogP contribution in [0.4, 0.5) is 0 Å². The van der Waals surface area contributed by atoms with Crippen LogP contribution in [0.3, 0.4) is 0 Å². The highest BCUT2D eigenvalue weighted by molar-refractivity contribution is 4.90. The molecule has 0 aromatic heterocycles. The van der Waals surface area contributed by atoms with Gasteiger partial charge < -0.3 is 5.32 Å². The van der Waals surface area contributed by atoms with E-state index >= 15 is 0 Å². The van der Waals surface area contributed by atoms with Gasteiger partial charge in [0.25, 0.3) is 0 Å². The second kappa shape index (κ2) is 5.10. The predicted octanol–water partition coefficient (Wildman–Crippen LogP) is 2.32. The van der Waals surface area contributed by atoms with Crippen LogP contribution in [0.15, 0.2) is 24.9 Å². The maximum absolute atomic E-state index is 3.83. The Hall–Kier alpha value is -0.720. The van der Waals surface area contributed by atoms with E-state index in [1.54, 1.807) is 0 Å². The normalized spacial score (nSPS) is 12.2. The van der Waals surface area contributed by atoms with E-state index in [0.717, 1.165) is 18.5 Å². The number of nitrogens with one attached hydrogen (secondary N) is 1. The van der Waals surface area contributed by atoms with Gasteiger partial charge >= 0.3 is 0 Å². The number of allylic oxidation sites excluding steroid dienone is 2. The third kappa shape index (κ3) is 4.19. The Balaban J connectivity index is 3.34. The first-order valence-electron chi connectivity index (χ1n) is 3.68. The minimum Gasteiger partial charge on any atom is -0.392 e. The summed E-state index contributed by atoms with van der Waals surface area (Å²) in [6.45, 7) is 9.71. The van der Waals surface area contributed by atoms with Crippen LogP contribution in [0.2, 0.25) is 0 Å². The first-order valence-corrected chi connectivity index (χ1v) is 3.68. The molecule has 1 N–H and O–H groups in total. The number of rotatable bonds is 5. The smallest absolute Gasteiger partial charge is 0.00312 e. The summed E-state index contributed by atoms with van der Waals surface area (Å²) >= 11 is 0. The van der Waals surface area contributed by atoms with Crippen molar-refractivity contribution in [2.24, 2.45) is 5.92 Å². The molecule has 0 aromatic rings. The largest absolute Gasteiger partial charge is 0.392 e. The topological polar surface area (TPSA) is 12.0 Å². The summed E-state index contributed by atoms with van der Waals surface area (Å²) in [5.41, 5.74) is 1.11. The Morgan fingerprint density at radius 3 is 2.70 bits per heavy atom. The van der Waals surface area contributed by atoms with Crippen LogP contribution in [0.5, 0.6) is 0 Å². The second-order valence-corrected chi connectivity index (χ2v) is 2.61. The first-order chi connectivity index (χ1) is 4.70. The summed E-state index contributed by atoms with van der Waals surface area (Å²) < 4.78 is 0. The average Bonchev–Trinajstić information content (AvgIpc) is 1.99. The van der Waals surface area contributed by atoms with Crippen LogP contribution >= 0.6 is 0 Å². The molecule has 0 amide bonds. The molecule has 0 spiro atoms. The summed E-state index contributed by atoms with van der Waals surface area (Å²) in [6.07, 6.45) is 4.16. The highest BCUT2D eigenvalue weighted by atomic mass is 14.8. The minimum absolute atomic E-state index is 0.602. The molecule has 10 heavy (non-hydrogen) atoms. The molecule has 1 nitrogen and oxygen atoms in total. The van der Waals surface area contributed by atoms with E-state index in [1.807, 2.05) is 13.1 Å². The molecule has 0 fully saturated rings. The van der Waals surface area contributed by atoms with Crippen molar-refractivity contribution in [3.8, 4) is 0 Å². The van der Waals surface area contributed by atoms with Crippen LogP contribution in [0, 0.1) is 5.92 Å². The van der Waals surface area contributed by atoms with Gasteiger partial charge in [0.05, 0.1) is 0 Å². The molecule has 0 aliphatic heterocycles. The Morgan fingerprint density at radius 2 is 2.30 bits per heavy atom. The van der Waals surface area contributed by atoms with E-state index in [2.05, 4.69) is 25.4 Å². The lowest BCUT2D eigenvalue weighted by Crippen LogP contribution is -2.05. The Kier molecular flexibility index (Phi) is 4.73. The van der Waals surface area contributed by atoms with Crippen LogP contribution in [0.1, 0.15) is 19.8 Å². The van der Waals surface area contributed by atoms with Crippen molar-refractivity contribution < 1.29 is 0 Å². The molecule has 0 heterocycles. The average molecular weight is 139 g/mol. The maximum atomic E-state index is 3.83. The molecule has 1 unspecified atom stereocenters. The first kappa shape index (κ1) is 9.28. The Morgan fingerprint density at radius 1 is 1.70 bits per heavy atom. The SMILES string of the molecule is C=CC(C)CCC(=C)NC. The minimum atomic E-state index is 0.602. The Labute approximate surface area is 63.8 Å². The number of hydrogen-bond acceptors (Lipinski definition) is 1. The van der Waals surface area contributed by atoms with Crippen LogP contribution in [-0.4, -0.2) is 7.05 Å². The van der Waals surface area contributed by atoms with Crippen molar-refractivity contribution in [2.45, 2.75) is 19.8 Å². The van der Waals surface area contributed by atoms with Gasteiger partial charge in [-0.25, -0.2) is 0 Å². The van der Waals surface area contributed by atoms with E-state index in [9.17, 15) is 0 Å². The fourth-order valence-corrected chi connectivity index (χ4v) is 0.645. The summed E-state index contributed by atoms with van der Waals surface area (Å²) in [6, 6.07) is 0. The van der Waals surface area contributed by atoms with E-state index in [1.165, 1.54) is 0 Å². The van der Waals surface area contributed by atoms with Crippen molar-refractivity contribution in [2.75, 3.05) is 7.05 Å². The zero-order chi connectivity index (χ0) is 7.98. The van der Waals surface area contributed by atoms with Crippen molar-refractivity contribution in [3.63, 3.8) is 0 Å². The van der Waals surface area contributed by atoms with Crippen LogP contribution < -0.4 is 5.32 Å². The highest BCUT2D eigenvalue weighted by Crippen LogP contribution is 2.08. The maximum Gasteiger partial charge on any atom is 0.00312 e. The molecule has 0 saturated carbocycles. The standard InChI is InChI=1S/C9H17N/c1-5-8(2)6-7-9(3)10-4/h5,8,10H,1,3,6-7H2,2,4H3. The molecule has 0 aliphatic carbocycles. The van der Waals surface area contributed by atoms with Gasteiger partial charge in [0.2, 0.25) is 0 Å². The highest BCUT2D eigenvalue weighted by Gasteiger charge is 1.96. The van der Waals surface area contributed by atoms with Gasteiger partial charge in [0.15, 0.2) is 0 Å². The number of hydrogen-bond donors (Lipinski definition) is 1. The molecule has 1 heteroatoms. The van der Waals surface area contributed by atoms with E-state index < -0.39 is 0 Å². The summed E-state index contributed by atoms with van der Waals surface area (Å²) in [4.78, 5) is 0. The molecule has 0 aliphatic rings.